The van der Waals surface area contributed by atoms with Gasteiger partial charge in [0, 0.05) is 12.2 Å². The Morgan fingerprint density at radius 1 is 1.07 bits per heavy atom. The van der Waals surface area contributed by atoms with Crippen LogP contribution in [0.25, 0.3) is 0 Å². The lowest BCUT2D eigenvalue weighted by atomic mass is 10.2. The number of anilines is 1. The fourth-order valence-electron chi connectivity index (χ4n) is 2.13. The molecule has 0 aliphatic carbocycles. The fourth-order valence-corrected chi connectivity index (χ4v) is 3.20. The van der Waals surface area contributed by atoms with E-state index in [0.29, 0.717) is 18.7 Å². The van der Waals surface area contributed by atoms with Crippen molar-refractivity contribution in [1.29, 1.82) is 0 Å². The molecule has 150 valence electrons. The second-order valence-electron chi connectivity index (χ2n) is 5.70. The van der Waals surface area contributed by atoms with Gasteiger partial charge in [0.25, 0.3) is 15.9 Å². The van der Waals surface area contributed by atoms with Crippen molar-refractivity contribution in [3.05, 3.63) is 59.7 Å². The van der Waals surface area contributed by atoms with Gasteiger partial charge in [-0.15, -0.1) is 0 Å². The number of amides is 1. The molecular formula is C18H18F2N2O5S. The summed E-state index contributed by atoms with van der Waals surface area (Å²) in [5.74, 6) is -3.65. The van der Waals surface area contributed by atoms with Crippen molar-refractivity contribution in [2.24, 2.45) is 0 Å². The highest BCUT2D eigenvalue weighted by Crippen LogP contribution is 2.19. The van der Waals surface area contributed by atoms with E-state index in [2.05, 4.69) is 10.0 Å². The molecule has 0 fully saturated rings. The first-order chi connectivity index (χ1) is 13.1. The molecule has 0 heterocycles. The predicted molar refractivity (Wildman–Crippen MR) is 97.2 cm³/mol. The average Bonchev–Trinajstić information content (AvgIpc) is 2.64. The van der Waals surface area contributed by atoms with Gasteiger partial charge in [0.15, 0.2) is 17.7 Å². The second-order valence-corrected chi connectivity index (χ2v) is 7.38. The second kappa shape index (κ2) is 8.79. The highest BCUT2D eigenvalue weighted by atomic mass is 32.2. The first kappa shape index (κ1) is 21.3. The molecule has 1 amide bonds. The summed E-state index contributed by atoms with van der Waals surface area (Å²) < 4.78 is 57.9. The third kappa shape index (κ3) is 5.26. The van der Waals surface area contributed by atoms with Crippen molar-refractivity contribution in [2.45, 2.75) is 24.8 Å². The first-order valence-electron chi connectivity index (χ1n) is 8.20. The summed E-state index contributed by atoms with van der Waals surface area (Å²) in [5.41, 5.74) is 0.199. The zero-order valence-corrected chi connectivity index (χ0v) is 15.8. The first-order valence-corrected chi connectivity index (χ1v) is 9.69. The number of benzene rings is 2. The highest BCUT2D eigenvalue weighted by molar-refractivity contribution is 7.92. The van der Waals surface area contributed by atoms with E-state index in [4.69, 9.17) is 4.74 Å². The summed E-state index contributed by atoms with van der Waals surface area (Å²) in [6, 6.07) is 7.39. The quantitative estimate of drug-likeness (QED) is 0.681. The molecule has 0 bridgehead atoms. The monoisotopic (exact) mass is 412 g/mol. The standard InChI is InChI=1S/C18H18F2N2O5S/c1-3-21-17(23)11(2)27-18(24)12-4-6-13(7-5-12)22-28(25,26)14-8-9-15(19)16(20)10-14/h4-11,22H,3H2,1-2H3,(H,21,23)/t11-/m0/s1. The van der Waals surface area contributed by atoms with E-state index >= 15 is 0 Å². The van der Waals surface area contributed by atoms with Crippen LogP contribution >= 0.6 is 0 Å². The van der Waals surface area contributed by atoms with Crippen molar-refractivity contribution in [1.82, 2.24) is 5.32 Å². The molecule has 0 radical (unpaired) electrons. The van der Waals surface area contributed by atoms with Gasteiger partial charge >= 0.3 is 5.97 Å². The number of rotatable bonds is 7. The van der Waals surface area contributed by atoms with Crippen LogP contribution in [-0.2, 0) is 19.6 Å². The molecule has 0 aliphatic rings. The molecule has 28 heavy (non-hydrogen) atoms. The summed E-state index contributed by atoms with van der Waals surface area (Å²) in [6.45, 7) is 3.55. The number of nitrogens with one attached hydrogen (secondary N) is 2. The van der Waals surface area contributed by atoms with Crippen LogP contribution in [0.4, 0.5) is 14.5 Å². The minimum atomic E-state index is -4.15. The number of halogens is 2. The maximum absolute atomic E-state index is 13.3. The Hall–Kier alpha value is -3.01. The van der Waals surface area contributed by atoms with Gasteiger partial charge in [0.2, 0.25) is 0 Å². The van der Waals surface area contributed by atoms with Crippen LogP contribution < -0.4 is 10.0 Å². The molecule has 0 spiro atoms. The molecule has 2 rings (SSSR count). The number of likely N-dealkylation sites (N-methyl/N-ethyl adjacent to an activating group) is 1. The molecule has 2 aromatic carbocycles. The molecule has 2 aromatic rings. The molecule has 0 unspecified atom stereocenters. The Morgan fingerprint density at radius 3 is 2.29 bits per heavy atom. The minimum absolute atomic E-state index is 0.0954. The zero-order valence-electron chi connectivity index (χ0n) is 15.0. The highest BCUT2D eigenvalue weighted by Gasteiger charge is 2.19. The van der Waals surface area contributed by atoms with Gasteiger partial charge in [0.1, 0.15) is 0 Å². The van der Waals surface area contributed by atoms with E-state index in [0.717, 1.165) is 6.07 Å². The van der Waals surface area contributed by atoms with E-state index < -0.39 is 44.5 Å². The third-order valence-electron chi connectivity index (χ3n) is 3.58. The Morgan fingerprint density at radius 2 is 1.71 bits per heavy atom. The largest absolute Gasteiger partial charge is 0.449 e. The van der Waals surface area contributed by atoms with Gasteiger partial charge < -0.3 is 10.1 Å². The van der Waals surface area contributed by atoms with E-state index in [1.807, 2.05) is 0 Å². The van der Waals surface area contributed by atoms with Gasteiger partial charge in [-0.05, 0) is 56.3 Å². The Kier molecular flexibility index (Phi) is 6.68. The molecule has 1 atom stereocenters. The third-order valence-corrected chi connectivity index (χ3v) is 4.96. The zero-order chi connectivity index (χ0) is 20.9. The van der Waals surface area contributed by atoms with Crippen LogP contribution in [-0.4, -0.2) is 32.9 Å². The van der Waals surface area contributed by atoms with Crippen molar-refractivity contribution < 1.29 is 31.5 Å². The van der Waals surface area contributed by atoms with Gasteiger partial charge in [-0.2, -0.15) is 0 Å². The van der Waals surface area contributed by atoms with Crippen LogP contribution in [0.5, 0.6) is 0 Å². The lowest BCUT2D eigenvalue weighted by molar-refractivity contribution is -0.128. The Bertz CT molecular complexity index is 978. The van der Waals surface area contributed by atoms with Gasteiger partial charge in [0.05, 0.1) is 10.5 Å². The lowest BCUT2D eigenvalue weighted by Gasteiger charge is -2.13. The van der Waals surface area contributed by atoms with Crippen LogP contribution in [0.15, 0.2) is 47.4 Å². The van der Waals surface area contributed by atoms with Crippen LogP contribution in [0.3, 0.4) is 0 Å². The van der Waals surface area contributed by atoms with E-state index in [-0.39, 0.29) is 11.3 Å². The Balaban J connectivity index is 2.08. The molecule has 7 nitrogen and oxygen atoms in total. The summed E-state index contributed by atoms with van der Waals surface area (Å²) in [6.07, 6.45) is -0.987. The Labute approximate surface area is 160 Å². The summed E-state index contributed by atoms with van der Waals surface area (Å²) in [4.78, 5) is 23.2. The smallest absolute Gasteiger partial charge is 0.338 e. The molecular weight excluding hydrogens is 394 g/mol. The molecule has 0 aromatic heterocycles. The fraction of sp³-hybridized carbons (Fsp3) is 0.222. The molecule has 10 heteroatoms. The van der Waals surface area contributed by atoms with Crippen LogP contribution in [0, 0.1) is 11.6 Å². The molecule has 0 aliphatic heterocycles. The van der Waals surface area contributed by atoms with Crippen LogP contribution in [0.1, 0.15) is 24.2 Å². The summed E-state index contributed by atoms with van der Waals surface area (Å²) in [7, 11) is -4.15. The van der Waals surface area contributed by atoms with Gasteiger partial charge in [-0.25, -0.2) is 22.0 Å². The van der Waals surface area contributed by atoms with Crippen molar-refractivity contribution in [2.75, 3.05) is 11.3 Å². The molecule has 0 saturated heterocycles. The number of carbonyl (C=O) groups excluding carboxylic acids is 2. The van der Waals surface area contributed by atoms with Crippen molar-refractivity contribution >= 4 is 27.6 Å². The van der Waals surface area contributed by atoms with Gasteiger partial charge in [-0.3, -0.25) is 9.52 Å². The average molecular weight is 412 g/mol. The number of hydrogen-bond donors (Lipinski definition) is 2. The van der Waals surface area contributed by atoms with Gasteiger partial charge in [-0.1, -0.05) is 0 Å². The summed E-state index contributed by atoms with van der Waals surface area (Å²) in [5, 5.41) is 2.52. The number of carbonyl (C=O) groups is 2. The maximum atomic E-state index is 13.3. The predicted octanol–water partition coefficient (Wildman–Crippen LogP) is 2.45. The van der Waals surface area contributed by atoms with E-state index in [1.54, 1.807) is 6.92 Å². The normalized spacial score (nSPS) is 12.1. The minimum Gasteiger partial charge on any atom is -0.449 e. The topological polar surface area (TPSA) is 102 Å². The molecule has 0 saturated carbocycles. The number of hydrogen-bond acceptors (Lipinski definition) is 5. The summed E-state index contributed by atoms with van der Waals surface area (Å²) >= 11 is 0. The van der Waals surface area contributed by atoms with Crippen molar-refractivity contribution in [3.8, 4) is 0 Å². The van der Waals surface area contributed by atoms with E-state index in [9.17, 15) is 26.8 Å². The maximum Gasteiger partial charge on any atom is 0.338 e. The van der Waals surface area contributed by atoms with Crippen LogP contribution in [0.2, 0.25) is 0 Å². The molecule has 2 N–H and O–H groups in total. The number of ether oxygens (including phenoxy) is 1. The van der Waals surface area contributed by atoms with Crippen molar-refractivity contribution in [3.63, 3.8) is 0 Å². The SMILES string of the molecule is CCNC(=O)[C@H](C)OC(=O)c1ccc(NS(=O)(=O)c2ccc(F)c(F)c2)cc1. The number of sulfonamides is 1. The van der Waals surface area contributed by atoms with E-state index in [1.165, 1.54) is 31.2 Å². The lowest BCUT2D eigenvalue weighted by Crippen LogP contribution is -2.35. The number of esters is 1.